The second-order valence-corrected chi connectivity index (χ2v) is 14.1. The van der Waals surface area contributed by atoms with Gasteiger partial charge in [-0.05, 0) is 76.7 Å². The minimum absolute atomic E-state index is 0.0221. The highest BCUT2D eigenvalue weighted by Gasteiger charge is 2.81. The fourth-order valence-corrected chi connectivity index (χ4v) is 8.77. The number of fused-ring (bicyclic) bond motifs is 5. The molecule has 0 bridgehead atoms. The first kappa shape index (κ1) is 31.6. The number of nitrogens with zero attached hydrogens (tertiary/aromatic N) is 2. The Morgan fingerprint density at radius 1 is 1.09 bits per heavy atom. The van der Waals surface area contributed by atoms with Crippen LogP contribution in [-0.4, -0.2) is 71.8 Å². The Labute approximate surface area is 253 Å². The summed E-state index contributed by atoms with van der Waals surface area (Å²) < 4.78 is 13.4. The smallest absolute Gasteiger partial charge is 0.356 e. The van der Waals surface area contributed by atoms with E-state index in [1.165, 1.54) is 17.7 Å². The van der Waals surface area contributed by atoms with E-state index in [1.807, 2.05) is 33.8 Å². The summed E-state index contributed by atoms with van der Waals surface area (Å²) in [5.41, 5.74) is -5.66. The molecule has 0 aliphatic heterocycles. The quantitative estimate of drug-likeness (QED) is 0.254. The van der Waals surface area contributed by atoms with Crippen molar-refractivity contribution in [2.45, 2.75) is 115 Å². The Bertz CT molecular complexity index is 1400. The van der Waals surface area contributed by atoms with Crippen LogP contribution in [0, 0.1) is 22.7 Å². The van der Waals surface area contributed by atoms with Crippen LogP contribution in [0.5, 0.6) is 0 Å². The van der Waals surface area contributed by atoms with Gasteiger partial charge in [-0.2, -0.15) is 5.10 Å². The predicted octanol–water partition coefficient (Wildman–Crippen LogP) is 3.58. The maximum absolute atomic E-state index is 13.2. The maximum atomic E-state index is 13.2. The van der Waals surface area contributed by atoms with Gasteiger partial charge in [-0.1, -0.05) is 38.0 Å². The van der Waals surface area contributed by atoms with Crippen LogP contribution in [0.4, 0.5) is 0 Å². The third-order valence-electron chi connectivity index (χ3n) is 11.9. The number of ketones is 1. The van der Waals surface area contributed by atoms with Crippen molar-refractivity contribution in [3.05, 3.63) is 41.3 Å². The first-order valence-electron chi connectivity index (χ1n) is 15.4. The van der Waals surface area contributed by atoms with E-state index in [9.17, 15) is 29.7 Å². The normalized spacial score (nSPS) is 40.7. The molecule has 4 aliphatic rings. The van der Waals surface area contributed by atoms with Crippen LogP contribution >= 0.6 is 0 Å². The molecule has 10 nitrogen and oxygen atoms in total. The van der Waals surface area contributed by atoms with Crippen LogP contribution in [0.25, 0.3) is 0 Å². The summed E-state index contributed by atoms with van der Waals surface area (Å²) in [4.78, 5) is 39.1. The van der Waals surface area contributed by atoms with Gasteiger partial charge in [0.2, 0.25) is 0 Å². The van der Waals surface area contributed by atoms with Gasteiger partial charge in [0.1, 0.15) is 34.7 Å². The van der Waals surface area contributed by atoms with Crippen LogP contribution in [0.2, 0.25) is 0 Å². The number of aliphatic hydroxyl groups is 3. The summed E-state index contributed by atoms with van der Waals surface area (Å²) in [6.45, 7) is 10.7. The molecule has 1 heterocycles. The number of ether oxygens (including phenoxy) is 2. The van der Waals surface area contributed by atoms with Gasteiger partial charge in [-0.25, -0.2) is 9.59 Å². The lowest BCUT2D eigenvalue weighted by atomic mass is 9.42. The van der Waals surface area contributed by atoms with E-state index in [-0.39, 0.29) is 37.7 Å². The second kappa shape index (κ2) is 10.4. The van der Waals surface area contributed by atoms with Crippen molar-refractivity contribution in [1.29, 1.82) is 0 Å². The lowest BCUT2D eigenvalue weighted by Gasteiger charge is -2.67. The van der Waals surface area contributed by atoms with E-state index < -0.39 is 57.4 Å². The Morgan fingerprint density at radius 3 is 2.40 bits per heavy atom. The van der Waals surface area contributed by atoms with E-state index in [0.717, 1.165) is 11.1 Å². The van der Waals surface area contributed by atoms with Crippen molar-refractivity contribution < 1.29 is 39.2 Å². The van der Waals surface area contributed by atoms with Gasteiger partial charge in [0.05, 0.1) is 5.41 Å². The van der Waals surface area contributed by atoms with Gasteiger partial charge in [0.25, 0.3) is 0 Å². The topological polar surface area (TPSA) is 148 Å². The highest BCUT2D eigenvalue weighted by Crippen LogP contribution is 2.71. The van der Waals surface area contributed by atoms with Crippen molar-refractivity contribution in [2.75, 3.05) is 0 Å². The molecule has 1 aromatic heterocycles. The van der Waals surface area contributed by atoms with Crippen LogP contribution in [0.3, 0.4) is 0 Å². The molecule has 4 aliphatic carbocycles. The number of carbonyl (C=O) groups is 3. The molecule has 3 fully saturated rings. The van der Waals surface area contributed by atoms with E-state index in [1.54, 1.807) is 26.2 Å². The Hall–Kier alpha value is -2.82. The molecule has 10 heteroatoms. The van der Waals surface area contributed by atoms with Crippen LogP contribution in [0.15, 0.2) is 35.6 Å². The molecule has 3 N–H and O–H groups in total. The maximum Gasteiger partial charge on any atom is 0.356 e. The highest BCUT2D eigenvalue weighted by atomic mass is 16.6. The number of aryl methyl sites for hydroxylation is 1. The summed E-state index contributed by atoms with van der Waals surface area (Å²) >= 11 is 0. The third kappa shape index (κ3) is 4.38. The molecule has 3 saturated carbocycles. The largest absolute Gasteiger partial charge is 0.458 e. The Balaban J connectivity index is 1.51. The SMILES string of the molecule is CC(=O)[C@]1(O)CC[C@@]2(O)[C@]1(C)[C@H](OC(=O)/C=C(\C)C(C)C)C[C@@H]1[C@@]3(C)CC[C@H](OC(=O)c4ccnn4C)CC3=CC[C@]12O. The summed E-state index contributed by atoms with van der Waals surface area (Å²) in [5.74, 6) is -2.02. The molecule has 0 amide bonds. The van der Waals surface area contributed by atoms with Crippen molar-refractivity contribution in [2.24, 2.45) is 29.7 Å². The lowest BCUT2D eigenvalue weighted by molar-refractivity contribution is -0.314. The molecule has 0 spiro atoms. The average Bonchev–Trinajstić information content (AvgIpc) is 3.46. The number of Topliss-reactive ketones (excluding diaryl/α,β-unsaturated/α-hetero) is 1. The molecule has 236 valence electrons. The fourth-order valence-electron chi connectivity index (χ4n) is 8.77. The Kier molecular flexibility index (Phi) is 7.63. The summed E-state index contributed by atoms with van der Waals surface area (Å²) in [6.07, 6.45) is 5.23. The molecule has 0 radical (unpaired) electrons. The number of hydrogen-bond donors (Lipinski definition) is 3. The van der Waals surface area contributed by atoms with Gasteiger partial charge in [0, 0.05) is 31.7 Å². The van der Waals surface area contributed by atoms with Crippen molar-refractivity contribution in [3.8, 4) is 0 Å². The summed E-state index contributed by atoms with van der Waals surface area (Å²) in [7, 11) is 1.68. The predicted molar refractivity (Wildman–Crippen MR) is 157 cm³/mol. The lowest BCUT2D eigenvalue weighted by Crippen LogP contribution is -2.78. The van der Waals surface area contributed by atoms with E-state index in [4.69, 9.17) is 9.47 Å². The standard InChI is InChI=1S/C33H46N2O8/c1-19(2)20(3)16-27(37)43-26-18-25-29(5)11-9-23(42-28(38)24-10-15-34-35(24)7)17-22(29)8-12-32(25,40)33(41)14-13-31(39,21(4)36)30(26,33)6/h8,10,15-16,19,23,25-26,39-41H,9,11-14,17-18H2,1-7H3/b20-16+/t23-,25+,26+,29-,30+,31+,32-,33+/m0/s1. The van der Waals surface area contributed by atoms with Crippen LogP contribution < -0.4 is 0 Å². The number of aromatic nitrogens is 2. The average molecular weight is 599 g/mol. The number of allylic oxidation sites excluding steroid dienone is 1. The molecular weight excluding hydrogens is 552 g/mol. The summed E-state index contributed by atoms with van der Waals surface area (Å²) in [5, 5.41) is 41.1. The molecule has 5 rings (SSSR count). The molecule has 0 saturated heterocycles. The molecule has 0 aromatic carbocycles. The first-order chi connectivity index (χ1) is 19.9. The monoisotopic (exact) mass is 598 g/mol. The van der Waals surface area contributed by atoms with Crippen molar-refractivity contribution >= 4 is 17.7 Å². The van der Waals surface area contributed by atoms with E-state index in [2.05, 4.69) is 5.10 Å². The number of carbonyl (C=O) groups excluding carboxylic acids is 3. The fraction of sp³-hybridized carbons (Fsp3) is 0.697. The second-order valence-electron chi connectivity index (χ2n) is 14.1. The zero-order chi connectivity index (χ0) is 31.8. The van der Waals surface area contributed by atoms with E-state index in [0.29, 0.717) is 25.0 Å². The molecule has 43 heavy (non-hydrogen) atoms. The van der Waals surface area contributed by atoms with Gasteiger partial charge in [-0.3, -0.25) is 9.48 Å². The van der Waals surface area contributed by atoms with Crippen LogP contribution in [-0.2, 0) is 26.1 Å². The van der Waals surface area contributed by atoms with Crippen molar-refractivity contribution in [3.63, 3.8) is 0 Å². The highest BCUT2D eigenvalue weighted by molar-refractivity contribution is 5.88. The zero-order valence-electron chi connectivity index (χ0n) is 26.3. The number of rotatable bonds is 6. The Morgan fingerprint density at radius 2 is 1.79 bits per heavy atom. The third-order valence-corrected chi connectivity index (χ3v) is 11.9. The van der Waals surface area contributed by atoms with Gasteiger partial charge in [0.15, 0.2) is 5.78 Å². The minimum atomic E-state index is -1.99. The van der Waals surface area contributed by atoms with Gasteiger partial charge >= 0.3 is 11.9 Å². The molecule has 1 aromatic rings. The van der Waals surface area contributed by atoms with Gasteiger partial charge < -0.3 is 24.8 Å². The van der Waals surface area contributed by atoms with Crippen molar-refractivity contribution in [1.82, 2.24) is 9.78 Å². The first-order valence-corrected chi connectivity index (χ1v) is 15.4. The molecule has 8 atom stereocenters. The number of hydrogen-bond acceptors (Lipinski definition) is 9. The van der Waals surface area contributed by atoms with Gasteiger partial charge in [-0.15, -0.1) is 0 Å². The molecule has 0 unspecified atom stereocenters. The van der Waals surface area contributed by atoms with E-state index >= 15 is 0 Å². The molecular formula is C33H46N2O8. The minimum Gasteiger partial charge on any atom is -0.458 e. The summed E-state index contributed by atoms with van der Waals surface area (Å²) in [6, 6.07) is 1.61. The number of esters is 2. The van der Waals surface area contributed by atoms with Crippen LogP contribution in [0.1, 0.15) is 97.0 Å². The zero-order valence-corrected chi connectivity index (χ0v) is 26.3.